The standard InChI is InChI=1S/C14H20N2O7/c1-4-7-22-11-9-10(15(17)18)13(21-6-3)12(16(19)20)14(11)23-8-5-2/h9H,4-8H2,1-3H3. The highest BCUT2D eigenvalue weighted by atomic mass is 16.6. The summed E-state index contributed by atoms with van der Waals surface area (Å²) in [5, 5.41) is 22.7. The van der Waals surface area contributed by atoms with Gasteiger partial charge in [-0.1, -0.05) is 13.8 Å². The Morgan fingerprint density at radius 2 is 1.52 bits per heavy atom. The summed E-state index contributed by atoms with van der Waals surface area (Å²) in [5.74, 6) is -0.584. The zero-order chi connectivity index (χ0) is 17.4. The second-order valence-electron chi connectivity index (χ2n) is 4.54. The van der Waals surface area contributed by atoms with Crippen molar-refractivity contribution in [3.8, 4) is 17.2 Å². The number of nitrogens with zero attached hydrogens (tertiary/aromatic N) is 2. The molecule has 0 saturated heterocycles. The molecule has 0 aliphatic carbocycles. The van der Waals surface area contributed by atoms with E-state index in [1.165, 1.54) is 0 Å². The predicted octanol–water partition coefficient (Wildman–Crippen LogP) is 3.48. The van der Waals surface area contributed by atoms with E-state index in [9.17, 15) is 20.2 Å². The molecule has 0 aliphatic heterocycles. The Hall–Kier alpha value is -2.58. The molecule has 0 aromatic heterocycles. The first kappa shape index (κ1) is 18.5. The maximum atomic E-state index is 11.4. The Morgan fingerprint density at radius 1 is 0.913 bits per heavy atom. The summed E-state index contributed by atoms with van der Waals surface area (Å²) in [6.07, 6.45) is 1.26. The number of hydrogen-bond acceptors (Lipinski definition) is 7. The van der Waals surface area contributed by atoms with Crippen LogP contribution >= 0.6 is 0 Å². The predicted molar refractivity (Wildman–Crippen MR) is 82.5 cm³/mol. The summed E-state index contributed by atoms with van der Waals surface area (Å²) in [6, 6.07) is 1.11. The highest BCUT2D eigenvalue weighted by molar-refractivity contribution is 5.72. The van der Waals surface area contributed by atoms with Gasteiger partial charge in [0.15, 0.2) is 5.75 Å². The van der Waals surface area contributed by atoms with Crippen LogP contribution in [-0.4, -0.2) is 29.7 Å². The highest BCUT2D eigenvalue weighted by Gasteiger charge is 2.36. The van der Waals surface area contributed by atoms with Crippen LogP contribution in [0.3, 0.4) is 0 Å². The van der Waals surface area contributed by atoms with Crippen molar-refractivity contribution in [2.45, 2.75) is 33.6 Å². The van der Waals surface area contributed by atoms with E-state index in [4.69, 9.17) is 14.2 Å². The second-order valence-corrected chi connectivity index (χ2v) is 4.54. The number of nitro groups is 2. The number of rotatable bonds is 10. The molecular formula is C14H20N2O7. The normalized spacial score (nSPS) is 10.2. The first-order valence-corrected chi connectivity index (χ1v) is 7.35. The van der Waals surface area contributed by atoms with E-state index in [0.717, 1.165) is 6.07 Å². The minimum atomic E-state index is -0.748. The van der Waals surface area contributed by atoms with Gasteiger partial charge in [-0.25, -0.2) is 0 Å². The lowest BCUT2D eigenvalue weighted by atomic mass is 10.2. The lowest BCUT2D eigenvalue weighted by Crippen LogP contribution is -2.08. The smallest absolute Gasteiger partial charge is 0.363 e. The van der Waals surface area contributed by atoms with Crippen LogP contribution in [0.2, 0.25) is 0 Å². The third-order valence-electron chi connectivity index (χ3n) is 2.73. The van der Waals surface area contributed by atoms with Crippen molar-refractivity contribution < 1.29 is 24.1 Å². The summed E-state index contributed by atoms with van der Waals surface area (Å²) < 4.78 is 16.0. The largest absolute Gasteiger partial charge is 0.489 e. The van der Waals surface area contributed by atoms with Crippen LogP contribution in [0.25, 0.3) is 0 Å². The molecule has 9 heteroatoms. The molecule has 0 atom stereocenters. The topological polar surface area (TPSA) is 114 Å². The maximum Gasteiger partial charge on any atom is 0.363 e. The first-order valence-electron chi connectivity index (χ1n) is 7.35. The Morgan fingerprint density at radius 3 is 2.00 bits per heavy atom. The highest BCUT2D eigenvalue weighted by Crippen LogP contribution is 2.49. The van der Waals surface area contributed by atoms with E-state index in [1.807, 2.05) is 13.8 Å². The monoisotopic (exact) mass is 328 g/mol. The molecule has 0 bridgehead atoms. The maximum absolute atomic E-state index is 11.4. The summed E-state index contributed by atoms with van der Waals surface area (Å²) in [4.78, 5) is 21.2. The molecule has 0 radical (unpaired) electrons. The Balaban J connectivity index is 3.60. The van der Waals surface area contributed by atoms with Gasteiger partial charge in [0.2, 0.25) is 5.75 Å². The van der Waals surface area contributed by atoms with E-state index in [1.54, 1.807) is 6.92 Å². The lowest BCUT2D eigenvalue weighted by molar-refractivity contribution is -0.396. The van der Waals surface area contributed by atoms with Gasteiger partial charge in [-0.15, -0.1) is 0 Å². The molecule has 23 heavy (non-hydrogen) atoms. The second kappa shape index (κ2) is 8.76. The quantitative estimate of drug-likeness (QED) is 0.477. The number of benzene rings is 1. The molecule has 0 saturated carbocycles. The lowest BCUT2D eigenvalue weighted by Gasteiger charge is -2.14. The Kier molecular flexibility index (Phi) is 7.04. The summed E-state index contributed by atoms with van der Waals surface area (Å²) in [7, 11) is 0. The third kappa shape index (κ3) is 4.44. The average molecular weight is 328 g/mol. The van der Waals surface area contributed by atoms with E-state index in [0.29, 0.717) is 12.8 Å². The van der Waals surface area contributed by atoms with Gasteiger partial charge in [0, 0.05) is 0 Å². The fraction of sp³-hybridized carbons (Fsp3) is 0.571. The van der Waals surface area contributed by atoms with Gasteiger partial charge >= 0.3 is 11.4 Å². The number of hydrogen-bond donors (Lipinski definition) is 0. The van der Waals surface area contributed by atoms with Gasteiger partial charge in [-0.05, 0) is 19.8 Å². The Labute approximate surface area is 133 Å². The number of ether oxygens (including phenoxy) is 3. The summed E-state index contributed by atoms with van der Waals surface area (Å²) in [6.45, 7) is 5.79. The molecule has 1 aromatic carbocycles. The van der Waals surface area contributed by atoms with Gasteiger partial charge in [0.25, 0.3) is 5.75 Å². The van der Waals surface area contributed by atoms with E-state index < -0.39 is 27.0 Å². The van der Waals surface area contributed by atoms with Gasteiger partial charge in [0.1, 0.15) is 0 Å². The van der Waals surface area contributed by atoms with Crippen LogP contribution < -0.4 is 14.2 Å². The molecular weight excluding hydrogens is 308 g/mol. The van der Waals surface area contributed by atoms with Gasteiger partial charge in [0.05, 0.1) is 35.7 Å². The average Bonchev–Trinajstić information content (AvgIpc) is 2.50. The van der Waals surface area contributed by atoms with Gasteiger partial charge in [-0.3, -0.25) is 20.2 Å². The van der Waals surface area contributed by atoms with Crippen LogP contribution in [-0.2, 0) is 0 Å². The number of nitro benzene ring substituents is 2. The zero-order valence-corrected chi connectivity index (χ0v) is 13.4. The van der Waals surface area contributed by atoms with Gasteiger partial charge in [-0.2, -0.15) is 0 Å². The van der Waals surface area contributed by atoms with Crippen molar-refractivity contribution in [2.24, 2.45) is 0 Å². The first-order chi connectivity index (χ1) is 11.0. The minimum absolute atomic E-state index is 0.0258. The molecule has 1 rings (SSSR count). The Bertz CT molecular complexity index is 575. The molecule has 1 aromatic rings. The SMILES string of the molecule is CCCOc1cc([N+](=O)[O-])c(OCC)c([N+](=O)[O-])c1OCCC. The molecule has 0 heterocycles. The van der Waals surface area contributed by atoms with Crippen LogP contribution in [0.1, 0.15) is 33.6 Å². The van der Waals surface area contributed by atoms with Crippen LogP contribution in [0, 0.1) is 20.2 Å². The molecule has 0 fully saturated rings. The van der Waals surface area contributed by atoms with Crippen molar-refractivity contribution in [3.05, 3.63) is 26.3 Å². The van der Waals surface area contributed by atoms with Crippen molar-refractivity contribution in [2.75, 3.05) is 19.8 Å². The van der Waals surface area contributed by atoms with Crippen molar-refractivity contribution in [1.29, 1.82) is 0 Å². The van der Waals surface area contributed by atoms with E-state index in [2.05, 4.69) is 0 Å². The van der Waals surface area contributed by atoms with E-state index >= 15 is 0 Å². The third-order valence-corrected chi connectivity index (χ3v) is 2.73. The van der Waals surface area contributed by atoms with Crippen LogP contribution in [0.4, 0.5) is 11.4 Å². The van der Waals surface area contributed by atoms with Crippen molar-refractivity contribution >= 4 is 11.4 Å². The zero-order valence-electron chi connectivity index (χ0n) is 13.4. The molecule has 0 N–H and O–H groups in total. The van der Waals surface area contributed by atoms with Crippen molar-refractivity contribution in [1.82, 2.24) is 0 Å². The summed E-state index contributed by atoms with van der Waals surface area (Å²) >= 11 is 0. The molecule has 0 aliphatic rings. The van der Waals surface area contributed by atoms with E-state index in [-0.39, 0.29) is 31.3 Å². The minimum Gasteiger partial charge on any atom is -0.489 e. The molecule has 9 nitrogen and oxygen atoms in total. The fourth-order valence-corrected chi connectivity index (χ4v) is 1.85. The van der Waals surface area contributed by atoms with Gasteiger partial charge < -0.3 is 14.2 Å². The van der Waals surface area contributed by atoms with Crippen molar-refractivity contribution in [3.63, 3.8) is 0 Å². The summed E-state index contributed by atoms with van der Waals surface area (Å²) in [5.41, 5.74) is -1.10. The molecule has 0 amide bonds. The molecule has 0 spiro atoms. The van der Waals surface area contributed by atoms with Crippen LogP contribution in [0.15, 0.2) is 6.07 Å². The molecule has 0 unspecified atom stereocenters. The fourth-order valence-electron chi connectivity index (χ4n) is 1.85. The van der Waals surface area contributed by atoms with Crippen LogP contribution in [0.5, 0.6) is 17.2 Å². The molecule has 128 valence electrons.